The molecule has 3 heteroatoms. The molecular formula is C16H19N3. The number of aryl methyl sites for hydroxylation is 2. The molecule has 0 heterocycles. The average Bonchev–Trinajstić information content (AvgIpc) is 2.38. The van der Waals surface area contributed by atoms with E-state index in [0.29, 0.717) is 12.5 Å². The average molecular weight is 253 g/mol. The zero-order chi connectivity index (χ0) is 13.7. The summed E-state index contributed by atoms with van der Waals surface area (Å²) in [5, 5.41) is 3.10. The van der Waals surface area contributed by atoms with Gasteiger partial charge in [-0.3, -0.25) is 0 Å². The first-order valence-electron chi connectivity index (χ1n) is 6.33. The van der Waals surface area contributed by atoms with Gasteiger partial charge in [-0.2, -0.15) is 0 Å². The Hall–Kier alpha value is -2.29. The van der Waals surface area contributed by atoms with E-state index >= 15 is 0 Å². The lowest BCUT2D eigenvalue weighted by Crippen LogP contribution is -2.22. The predicted octanol–water partition coefficient (Wildman–Crippen LogP) is 3.23. The summed E-state index contributed by atoms with van der Waals surface area (Å²) >= 11 is 0. The van der Waals surface area contributed by atoms with Crippen LogP contribution < -0.4 is 11.1 Å². The molecule has 2 aromatic rings. The second-order valence-corrected chi connectivity index (χ2v) is 4.62. The van der Waals surface area contributed by atoms with Crippen molar-refractivity contribution in [3.05, 3.63) is 65.2 Å². The van der Waals surface area contributed by atoms with Gasteiger partial charge >= 0.3 is 0 Å². The third-order valence-electron chi connectivity index (χ3n) is 2.97. The monoisotopic (exact) mass is 253 g/mol. The Morgan fingerprint density at radius 2 is 1.89 bits per heavy atom. The van der Waals surface area contributed by atoms with E-state index in [-0.39, 0.29) is 0 Å². The molecule has 0 aliphatic heterocycles. The normalized spacial score (nSPS) is 11.4. The first-order valence-corrected chi connectivity index (χ1v) is 6.33. The van der Waals surface area contributed by atoms with Crippen molar-refractivity contribution in [1.29, 1.82) is 0 Å². The summed E-state index contributed by atoms with van der Waals surface area (Å²) in [6, 6.07) is 16.2. The van der Waals surface area contributed by atoms with Gasteiger partial charge in [0.2, 0.25) is 0 Å². The Morgan fingerprint density at radius 1 is 1.11 bits per heavy atom. The number of nitrogens with one attached hydrogen (secondary N) is 1. The third-order valence-corrected chi connectivity index (χ3v) is 2.97. The molecule has 0 bridgehead atoms. The van der Waals surface area contributed by atoms with Crippen LogP contribution in [-0.2, 0) is 6.54 Å². The van der Waals surface area contributed by atoms with Crippen LogP contribution in [0.4, 0.5) is 5.69 Å². The molecule has 0 unspecified atom stereocenters. The van der Waals surface area contributed by atoms with Gasteiger partial charge in [-0.15, -0.1) is 0 Å². The second-order valence-electron chi connectivity index (χ2n) is 4.62. The largest absolute Gasteiger partial charge is 0.370 e. The van der Waals surface area contributed by atoms with E-state index in [1.807, 2.05) is 43.3 Å². The van der Waals surface area contributed by atoms with Gasteiger partial charge < -0.3 is 11.1 Å². The zero-order valence-corrected chi connectivity index (χ0v) is 11.4. The van der Waals surface area contributed by atoms with E-state index in [1.54, 1.807) is 0 Å². The SMILES string of the molecule is Cc1cccc(NC(N)=NCc2ccccc2C)c1. The van der Waals surface area contributed by atoms with E-state index in [1.165, 1.54) is 16.7 Å². The van der Waals surface area contributed by atoms with Gasteiger partial charge in [0.25, 0.3) is 0 Å². The van der Waals surface area contributed by atoms with Crippen molar-refractivity contribution < 1.29 is 0 Å². The molecular weight excluding hydrogens is 234 g/mol. The summed E-state index contributed by atoms with van der Waals surface area (Å²) in [5.74, 6) is 0.439. The Morgan fingerprint density at radius 3 is 2.63 bits per heavy atom. The van der Waals surface area contributed by atoms with Crippen molar-refractivity contribution >= 4 is 11.6 Å². The quantitative estimate of drug-likeness (QED) is 0.651. The molecule has 0 atom stereocenters. The van der Waals surface area contributed by atoms with Crippen LogP contribution >= 0.6 is 0 Å². The van der Waals surface area contributed by atoms with Gasteiger partial charge in [-0.05, 0) is 42.7 Å². The molecule has 3 nitrogen and oxygen atoms in total. The van der Waals surface area contributed by atoms with Crippen molar-refractivity contribution in [1.82, 2.24) is 0 Å². The van der Waals surface area contributed by atoms with Gasteiger partial charge in [-0.1, -0.05) is 36.4 Å². The Kier molecular flexibility index (Phi) is 4.18. The summed E-state index contributed by atoms with van der Waals surface area (Å²) in [7, 11) is 0. The molecule has 0 radical (unpaired) electrons. The van der Waals surface area contributed by atoms with Crippen LogP contribution in [-0.4, -0.2) is 5.96 Å². The van der Waals surface area contributed by atoms with E-state index in [0.717, 1.165) is 5.69 Å². The fourth-order valence-electron chi connectivity index (χ4n) is 1.87. The van der Waals surface area contributed by atoms with Gasteiger partial charge in [0, 0.05) is 5.69 Å². The van der Waals surface area contributed by atoms with Gasteiger partial charge in [0.15, 0.2) is 5.96 Å². The van der Waals surface area contributed by atoms with E-state index < -0.39 is 0 Å². The summed E-state index contributed by atoms with van der Waals surface area (Å²) in [5.41, 5.74) is 10.5. The Balaban J connectivity index is 2.02. The molecule has 0 aliphatic rings. The molecule has 98 valence electrons. The first kappa shape index (κ1) is 13.1. The van der Waals surface area contributed by atoms with Crippen molar-refractivity contribution in [3.63, 3.8) is 0 Å². The zero-order valence-electron chi connectivity index (χ0n) is 11.4. The highest BCUT2D eigenvalue weighted by Gasteiger charge is 1.98. The summed E-state index contributed by atoms with van der Waals surface area (Å²) in [6.07, 6.45) is 0. The molecule has 0 saturated heterocycles. The molecule has 0 saturated carbocycles. The molecule has 0 aromatic heterocycles. The van der Waals surface area contributed by atoms with Crippen LogP contribution in [0, 0.1) is 13.8 Å². The fourth-order valence-corrected chi connectivity index (χ4v) is 1.87. The minimum Gasteiger partial charge on any atom is -0.370 e. The van der Waals surface area contributed by atoms with Crippen molar-refractivity contribution in [2.24, 2.45) is 10.7 Å². The number of hydrogen-bond acceptors (Lipinski definition) is 1. The van der Waals surface area contributed by atoms with E-state index in [9.17, 15) is 0 Å². The number of aliphatic imine (C=N–C) groups is 1. The number of benzene rings is 2. The maximum atomic E-state index is 5.89. The van der Waals surface area contributed by atoms with E-state index in [2.05, 4.69) is 29.4 Å². The number of anilines is 1. The van der Waals surface area contributed by atoms with Crippen LogP contribution in [0.15, 0.2) is 53.5 Å². The lowest BCUT2D eigenvalue weighted by atomic mass is 10.1. The van der Waals surface area contributed by atoms with Gasteiger partial charge in [-0.25, -0.2) is 4.99 Å². The topological polar surface area (TPSA) is 50.4 Å². The number of guanidine groups is 1. The standard InChI is InChI=1S/C16H19N3/c1-12-6-5-9-15(10-12)19-16(17)18-11-14-8-4-3-7-13(14)2/h3-10H,11H2,1-2H3,(H3,17,18,19). The molecule has 0 aliphatic carbocycles. The lowest BCUT2D eigenvalue weighted by molar-refractivity contribution is 1.04. The summed E-state index contributed by atoms with van der Waals surface area (Å²) in [6.45, 7) is 4.72. The highest BCUT2D eigenvalue weighted by atomic mass is 15.1. The Bertz CT molecular complexity index is 588. The van der Waals surface area contributed by atoms with Gasteiger partial charge in [0.1, 0.15) is 0 Å². The summed E-state index contributed by atoms with van der Waals surface area (Å²) in [4.78, 5) is 4.36. The molecule has 0 fully saturated rings. The van der Waals surface area contributed by atoms with E-state index in [4.69, 9.17) is 5.73 Å². The van der Waals surface area contributed by atoms with Crippen molar-refractivity contribution in [2.45, 2.75) is 20.4 Å². The molecule has 3 N–H and O–H groups in total. The minimum absolute atomic E-state index is 0.439. The van der Waals surface area contributed by atoms with Crippen molar-refractivity contribution in [3.8, 4) is 0 Å². The highest BCUT2D eigenvalue weighted by Crippen LogP contribution is 2.10. The maximum Gasteiger partial charge on any atom is 0.193 e. The van der Waals surface area contributed by atoms with Gasteiger partial charge in [0.05, 0.1) is 6.54 Å². The van der Waals surface area contributed by atoms with Crippen LogP contribution in [0.25, 0.3) is 0 Å². The van der Waals surface area contributed by atoms with Crippen LogP contribution in [0.1, 0.15) is 16.7 Å². The third kappa shape index (κ3) is 3.85. The van der Waals surface area contributed by atoms with Crippen molar-refractivity contribution in [2.75, 3.05) is 5.32 Å². The predicted molar refractivity (Wildman–Crippen MR) is 81.3 cm³/mol. The number of nitrogens with zero attached hydrogens (tertiary/aromatic N) is 1. The Labute approximate surface area is 114 Å². The number of hydrogen-bond donors (Lipinski definition) is 2. The molecule has 2 aromatic carbocycles. The summed E-state index contributed by atoms with van der Waals surface area (Å²) < 4.78 is 0. The first-order chi connectivity index (χ1) is 9.15. The minimum atomic E-state index is 0.439. The lowest BCUT2D eigenvalue weighted by Gasteiger charge is -2.07. The molecule has 0 spiro atoms. The maximum absolute atomic E-state index is 5.89. The number of nitrogens with two attached hydrogens (primary N) is 1. The second kappa shape index (κ2) is 6.05. The number of rotatable bonds is 3. The molecule has 2 rings (SSSR count). The molecule has 19 heavy (non-hydrogen) atoms. The molecule has 0 amide bonds. The van der Waals surface area contributed by atoms with Crippen LogP contribution in [0.5, 0.6) is 0 Å². The highest BCUT2D eigenvalue weighted by molar-refractivity contribution is 5.92. The smallest absolute Gasteiger partial charge is 0.193 e. The van der Waals surface area contributed by atoms with Crippen LogP contribution in [0.2, 0.25) is 0 Å². The fraction of sp³-hybridized carbons (Fsp3) is 0.188. The van der Waals surface area contributed by atoms with Crippen LogP contribution in [0.3, 0.4) is 0 Å².